The highest BCUT2D eigenvalue weighted by Crippen LogP contribution is 2.53. The van der Waals surface area contributed by atoms with Gasteiger partial charge in [-0.15, -0.1) is 11.8 Å². The largest absolute Gasteiger partial charge is 0.349 e. The quantitative estimate of drug-likeness (QED) is 0.398. The summed E-state index contributed by atoms with van der Waals surface area (Å²) in [4.78, 5) is 17.2. The Kier molecular flexibility index (Phi) is 7.20. The van der Waals surface area contributed by atoms with Crippen LogP contribution in [0.3, 0.4) is 0 Å². The van der Waals surface area contributed by atoms with E-state index in [-0.39, 0.29) is 5.91 Å². The molecule has 1 aromatic rings. The molecule has 4 fully saturated rings. The standard InChI is InChI=1S/C18H23ClN2OS.C2H6S/c1-2-23-18-14(3-4-15(19)20-18)17(22)21-16-12-6-10-5-11(8-12)9-13(16)7-10;1-2-3/h3-4,10-13,16H,2,5-9H2,1H3,(H,21,22);3H,2H2,1H3. The van der Waals surface area contributed by atoms with Crippen LogP contribution >= 0.6 is 36.0 Å². The van der Waals surface area contributed by atoms with E-state index in [0.29, 0.717) is 28.6 Å². The maximum atomic E-state index is 12.8. The molecular formula is C20H29ClN2OS2. The normalized spacial score (nSPS) is 31.3. The molecule has 4 saturated carbocycles. The van der Waals surface area contributed by atoms with Crippen molar-refractivity contribution in [2.24, 2.45) is 23.7 Å². The molecule has 1 heterocycles. The predicted molar refractivity (Wildman–Crippen MR) is 113 cm³/mol. The van der Waals surface area contributed by atoms with Crippen molar-refractivity contribution in [1.29, 1.82) is 0 Å². The topological polar surface area (TPSA) is 42.0 Å². The second kappa shape index (κ2) is 9.20. The lowest BCUT2D eigenvalue weighted by molar-refractivity contribution is -0.0120. The second-order valence-corrected chi connectivity index (χ2v) is 9.94. The summed E-state index contributed by atoms with van der Waals surface area (Å²) in [6.45, 7) is 4.05. The number of aromatic nitrogens is 1. The number of carbonyl (C=O) groups is 1. The van der Waals surface area contributed by atoms with Gasteiger partial charge in [-0.2, -0.15) is 12.6 Å². The lowest BCUT2D eigenvalue weighted by Gasteiger charge is -2.54. The van der Waals surface area contributed by atoms with Crippen LogP contribution in [-0.4, -0.2) is 28.4 Å². The first kappa shape index (κ1) is 20.3. The summed E-state index contributed by atoms with van der Waals surface area (Å²) in [5.41, 5.74) is 0.676. The van der Waals surface area contributed by atoms with E-state index in [1.165, 1.54) is 32.1 Å². The van der Waals surface area contributed by atoms with Crippen LogP contribution in [0.4, 0.5) is 0 Å². The first-order valence-corrected chi connectivity index (χ1v) is 11.8. The summed E-state index contributed by atoms with van der Waals surface area (Å²) in [5, 5.41) is 4.56. The number of thioether (sulfide) groups is 1. The Balaban J connectivity index is 0.000000613. The van der Waals surface area contributed by atoms with Crippen molar-refractivity contribution in [1.82, 2.24) is 10.3 Å². The highest BCUT2D eigenvalue weighted by atomic mass is 35.5. The molecule has 4 bridgehead atoms. The lowest BCUT2D eigenvalue weighted by atomic mass is 9.54. The van der Waals surface area contributed by atoms with Crippen molar-refractivity contribution < 1.29 is 4.79 Å². The molecule has 0 atom stereocenters. The van der Waals surface area contributed by atoms with Gasteiger partial charge in [0.1, 0.15) is 10.2 Å². The van der Waals surface area contributed by atoms with Crippen LogP contribution in [-0.2, 0) is 0 Å². The zero-order chi connectivity index (χ0) is 18.7. The van der Waals surface area contributed by atoms with Gasteiger partial charge in [-0.3, -0.25) is 4.79 Å². The maximum Gasteiger partial charge on any atom is 0.254 e. The number of nitrogens with zero attached hydrogens (tertiary/aromatic N) is 1. The average molecular weight is 413 g/mol. The van der Waals surface area contributed by atoms with Crippen LogP contribution in [0.2, 0.25) is 5.15 Å². The third-order valence-electron chi connectivity index (χ3n) is 5.88. The minimum atomic E-state index is 0.0302. The van der Waals surface area contributed by atoms with Gasteiger partial charge in [0, 0.05) is 6.04 Å². The fourth-order valence-electron chi connectivity index (χ4n) is 5.23. The zero-order valence-corrected chi connectivity index (χ0v) is 18.0. The second-order valence-electron chi connectivity index (χ2n) is 7.67. The minimum absolute atomic E-state index is 0.0302. The first-order valence-electron chi connectivity index (χ1n) is 9.76. The predicted octanol–water partition coefficient (Wildman–Crippen LogP) is 5.34. The van der Waals surface area contributed by atoms with Gasteiger partial charge >= 0.3 is 0 Å². The summed E-state index contributed by atoms with van der Waals surface area (Å²) < 4.78 is 0. The van der Waals surface area contributed by atoms with Crippen molar-refractivity contribution >= 4 is 41.9 Å². The number of carbonyl (C=O) groups excluding carboxylic acids is 1. The van der Waals surface area contributed by atoms with Crippen LogP contribution < -0.4 is 5.32 Å². The van der Waals surface area contributed by atoms with E-state index >= 15 is 0 Å². The fraction of sp³-hybridized carbons (Fsp3) is 0.700. The van der Waals surface area contributed by atoms with Crippen molar-refractivity contribution in [2.75, 3.05) is 11.5 Å². The molecule has 1 amide bonds. The monoisotopic (exact) mass is 412 g/mol. The van der Waals surface area contributed by atoms with Crippen LogP contribution in [0.5, 0.6) is 0 Å². The van der Waals surface area contributed by atoms with Crippen LogP contribution in [0.15, 0.2) is 17.2 Å². The van der Waals surface area contributed by atoms with Crippen molar-refractivity contribution in [3.05, 3.63) is 22.8 Å². The molecule has 0 spiro atoms. The molecule has 5 rings (SSSR count). The van der Waals surface area contributed by atoms with Crippen LogP contribution in [0, 0.1) is 23.7 Å². The summed E-state index contributed by atoms with van der Waals surface area (Å²) in [6.07, 6.45) is 6.69. The molecule has 0 radical (unpaired) electrons. The smallest absolute Gasteiger partial charge is 0.254 e. The molecule has 0 saturated heterocycles. The number of halogens is 1. The van der Waals surface area contributed by atoms with E-state index < -0.39 is 0 Å². The Bertz CT molecular complexity index is 612. The van der Waals surface area contributed by atoms with Gasteiger partial charge in [-0.25, -0.2) is 4.98 Å². The molecule has 26 heavy (non-hydrogen) atoms. The number of nitrogens with one attached hydrogen (secondary N) is 1. The fourth-order valence-corrected chi connectivity index (χ4v) is 6.18. The number of rotatable bonds is 4. The van der Waals surface area contributed by atoms with E-state index in [0.717, 1.165) is 28.4 Å². The number of hydrogen-bond donors (Lipinski definition) is 2. The van der Waals surface area contributed by atoms with Gasteiger partial charge in [-0.05, 0) is 79.4 Å². The summed E-state index contributed by atoms with van der Waals surface area (Å²) in [5.74, 6) is 5.09. The first-order chi connectivity index (χ1) is 12.5. The molecule has 0 unspecified atom stereocenters. The maximum absolute atomic E-state index is 12.8. The zero-order valence-electron chi connectivity index (χ0n) is 15.6. The molecule has 1 N–H and O–H groups in total. The Morgan fingerprint density at radius 1 is 1.19 bits per heavy atom. The third kappa shape index (κ3) is 4.53. The third-order valence-corrected chi connectivity index (χ3v) is 6.96. The molecular weight excluding hydrogens is 384 g/mol. The Labute approximate surface area is 171 Å². The van der Waals surface area contributed by atoms with Crippen LogP contribution in [0.1, 0.15) is 56.3 Å². The van der Waals surface area contributed by atoms with E-state index in [4.69, 9.17) is 11.6 Å². The highest BCUT2D eigenvalue weighted by molar-refractivity contribution is 7.99. The van der Waals surface area contributed by atoms with Crippen molar-refractivity contribution in [3.63, 3.8) is 0 Å². The van der Waals surface area contributed by atoms with Gasteiger partial charge in [0.2, 0.25) is 0 Å². The molecule has 6 heteroatoms. The van der Waals surface area contributed by atoms with Gasteiger partial charge in [-0.1, -0.05) is 25.4 Å². The Hall–Kier alpha value is -0.390. The lowest BCUT2D eigenvalue weighted by Crippen LogP contribution is -2.55. The molecule has 144 valence electrons. The van der Waals surface area contributed by atoms with Crippen LogP contribution in [0.25, 0.3) is 0 Å². The molecule has 4 aliphatic rings. The average Bonchev–Trinajstić information content (AvgIpc) is 2.58. The highest BCUT2D eigenvalue weighted by Gasteiger charge is 2.48. The van der Waals surface area contributed by atoms with Crippen molar-refractivity contribution in [3.8, 4) is 0 Å². The van der Waals surface area contributed by atoms with E-state index in [1.54, 1.807) is 17.8 Å². The SMILES string of the molecule is CCS.CCSc1nc(Cl)ccc1C(=O)NC1C2CC3CC(C2)CC1C3. The molecule has 0 aromatic carbocycles. The number of hydrogen-bond acceptors (Lipinski definition) is 4. The Morgan fingerprint density at radius 3 is 2.31 bits per heavy atom. The van der Waals surface area contributed by atoms with E-state index in [9.17, 15) is 4.79 Å². The molecule has 4 aliphatic carbocycles. The molecule has 1 aromatic heterocycles. The minimum Gasteiger partial charge on any atom is -0.349 e. The van der Waals surface area contributed by atoms with E-state index in [2.05, 4.69) is 29.9 Å². The summed E-state index contributed by atoms with van der Waals surface area (Å²) >= 11 is 11.4. The number of pyridine rings is 1. The van der Waals surface area contributed by atoms with E-state index in [1.807, 2.05) is 13.0 Å². The molecule has 0 aliphatic heterocycles. The van der Waals surface area contributed by atoms with Crippen molar-refractivity contribution in [2.45, 2.75) is 57.0 Å². The van der Waals surface area contributed by atoms with Gasteiger partial charge in [0.15, 0.2) is 0 Å². The molecule has 3 nitrogen and oxygen atoms in total. The number of amides is 1. The Morgan fingerprint density at radius 2 is 1.77 bits per heavy atom. The number of thiol groups is 1. The van der Waals surface area contributed by atoms with Gasteiger partial charge < -0.3 is 5.32 Å². The van der Waals surface area contributed by atoms with Gasteiger partial charge in [0.05, 0.1) is 5.56 Å². The summed E-state index contributed by atoms with van der Waals surface area (Å²) in [7, 11) is 0. The van der Waals surface area contributed by atoms with Gasteiger partial charge in [0.25, 0.3) is 5.91 Å². The summed E-state index contributed by atoms with van der Waals surface area (Å²) in [6, 6.07) is 3.90.